The highest BCUT2D eigenvalue weighted by Gasteiger charge is 2.28. The van der Waals surface area contributed by atoms with Gasteiger partial charge in [-0.2, -0.15) is 4.98 Å². The smallest absolute Gasteiger partial charge is 0.222 e. The van der Waals surface area contributed by atoms with Gasteiger partial charge in [-0.3, -0.25) is 4.90 Å². The molecule has 152 valence electrons. The highest BCUT2D eigenvalue weighted by atomic mass is 16.5. The number of aliphatic hydroxyl groups excluding tert-OH is 1. The Morgan fingerprint density at radius 2 is 1.82 bits per heavy atom. The van der Waals surface area contributed by atoms with E-state index in [1.807, 2.05) is 31.2 Å². The molecule has 0 unspecified atom stereocenters. The normalized spacial score (nSPS) is 17.6. The zero-order chi connectivity index (χ0) is 20.1. The molecule has 0 radical (unpaired) electrons. The fraction of sp³-hybridized carbons (Fsp3) is 0.500. The van der Waals surface area contributed by atoms with Crippen molar-refractivity contribution in [1.82, 2.24) is 14.9 Å². The summed E-state index contributed by atoms with van der Waals surface area (Å²) in [5.74, 6) is 2.69. The van der Waals surface area contributed by atoms with E-state index in [0.717, 1.165) is 54.8 Å². The molecule has 2 aromatic rings. The van der Waals surface area contributed by atoms with E-state index in [9.17, 15) is 5.11 Å². The van der Waals surface area contributed by atoms with Crippen molar-refractivity contribution in [3.63, 3.8) is 0 Å². The van der Waals surface area contributed by atoms with Gasteiger partial charge in [0.15, 0.2) is 0 Å². The van der Waals surface area contributed by atoms with E-state index in [-0.39, 0.29) is 12.6 Å². The lowest BCUT2D eigenvalue weighted by molar-refractivity contribution is 0.135. The molecule has 3 N–H and O–H groups in total. The molecule has 0 saturated carbocycles. The standard InChI is InChI=1S/C20H29N5O3/c1-14-8-19(23-20(21)22-14)25-6-5-24(16(13-25)4-7-26)12-15-9-17(27-2)11-18(10-15)28-3/h8-11,16,26H,4-7,12-13H2,1-3H3,(H2,21,22,23)/t16-/m0/s1. The van der Waals surface area contributed by atoms with Gasteiger partial charge in [0.25, 0.3) is 0 Å². The monoisotopic (exact) mass is 387 g/mol. The molecule has 28 heavy (non-hydrogen) atoms. The number of aromatic nitrogens is 2. The van der Waals surface area contributed by atoms with Gasteiger partial charge in [0.1, 0.15) is 17.3 Å². The summed E-state index contributed by atoms with van der Waals surface area (Å²) in [6.07, 6.45) is 0.692. The average Bonchev–Trinajstić information content (AvgIpc) is 2.68. The number of rotatable bonds is 7. The summed E-state index contributed by atoms with van der Waals surface area (Å²) < 4.78 is 10.8. The number of aryl methyl sites for hydroxylation is 1. The highest BCUT2D eigenvalue weighted by molar-refractivity contribution is 5.44. The van der Waals surface area contributed by atoms with Crippen LogP contribution < -0.4 is 20.1 Å². The molecule has 0 aliphatic carbocycles. The minimum atomic E-state index is 0.140. The molecule has 0 bridgehead atoms. The Kier molecular flexibility index (Phi) is 6.53. The number of ether oxygens (including phenoxy) is 2. The molecule has 1 fully saturated rings. The van der Waals surface area contributed by atoms with Crippen molar-refractivity contribution in [2.45, 2.75) is 25.9 Å². The molecule has 3 rings (SSSR count). The first-order chi connectivity index (χ1) is 13.5. The number of hydrogen-bond donors (Lipinski definition) is 2. The number of benzene rings is 1. The first-order valence-electron chi connectivity index (χ1n) is 9.45. The second-order valence-corrected chi connectivity index (χ2v) is 7.03. The van der Waals surface area contributed by atoms with Crippen LogP contribution in [0.25, 0.3) is 0 Å². The van der Waals surface area contributed by atoms with Crippen molar-refractivity contribution in [1.29, 1.82) is 0 Å². The Bertz CT molecular complexity index is 759. The van der Waals surface area contributed by atoms with E-state index < -0.39 is 0 Å². The zero-order valence-electron chi connectivity index (χ0n) is 16.8. The van der Waals surface area contributed by atoms with Gasteiger partial charge in [0, 0.05) is 56.7 Å². The molecule has 1 atom stereocenters. The summed E-state index contributed by atoms with van der Waals surface area (Å²) in [6.45, 7) is 5.28. The SMILES string of the molecule is COc1cc(CN2CCN(c3cc(C)nc(N)n3)C[C@@H]2CCO)cc(OC)c1. The van der Waals surface area contributed by atoms with Crippen molar-refractivity contribution in [2.24, 2.45) is 0 Å². The van der Waals surface area contributed by atoms with E-state index in [1.165, 1.54) is 0 Å². The average molecular weight is 387 g/mol. The van der Waals surface area contributed by atoms with Crippen LogP contribution in [0.2, 0.25) is 0 Å². The maximum absolute atomic E-state index is 9.58. The zero-order valence-corrected chi connectivity index (χ0v) is 16.8. The summed E-state index contributed by atoms with van der Waals surface area (Å²) in [4.78, 5) is 13.1. The lowest BCUT2D eigenvalue weighted by Gasteiger charge is -2.42. The maximum atomic E-state index is 9.58. The largest absolute Gasteiger partial charge is 0.497 e. The minimum Gasteiger partial charge on any atom is -0.497 e. The number of piperazine rings is 1. The van der Waals surface area contributed by atoms with Crippen LogP contribution in [0.1, 0.15) is 17.7 Å². The van der Waals surface area contributed by atoms with Crippen LogP contribution in [0.15, 0.2) is 24.3 Å². The number of nitrogens with two attached hydrogens (primary N) is 1. The van der Waals surface area contributed by atoms with Crippen LogP contribution in [0.5, 0.6) is 11.5 Å². The van der Waals surface area contributed by atoms with Gasteiger partial charge in [-0.25, -0.2) is 4.98 Å². The molecule has 1 aliphatic rings. The van der Waals surface area contributed by atoms with Gasteiger partial charge < -0.3 is 25.2 Å². The van der Waals surface area contributed by atoms with Crippen LogP contribution in [-0.2, 0) is 6.54 Å². The number of anilines is 2. The third kappa shape index (κ3) is 4.82. The third-order valence-electron chi connectivity index (χ3n) is 5.05. The number of hydrogen-bond acceptors (Lipinski definition) is 8. The Morgan fingerprint density at radius 3 is 2.43 bits per heavy atom. The quantitative estimate of drug-likeness (QED) is 0.737. The molecule has 2 heterocycles. The fourth-order valence-corrected chi connectivity index (χ4v) is 3.66. The first-order valence-corrected chi connectivity index (χ1v) is 9.45. The van der Waals surface area contributed by atoms with E-state index in [0.29, 0.717) is 12.4 Å². The molecule has 0 amide bonds. The predicted octanol–water partition coefficient (Wildman–Crippen LogP) is 1.46. The molecule has 1 aromatic heterocycles. The van der Waals surface area contributed by atoms with Crippen molar-refractivity contribution in [3.8, 4) is 11.5 Å². The van der Waals surface area contributed by atoms with E-state index >= 15 is 0 Å². The molecule has 8 nitrogen and oxygen atoms in total. The Morgan fingerprint density at radius 1 is 1.11 bits per heavy atom. The number of nitrogen functional groups attached to an aromatic ring is 1. The van der Waals surface area contributed by atoms with E-state index in [4.69, 9.17) is 15.2 Å². The number of methoxy groups -OCH3 is 2. The van der Waals surface area contributed by atoms with Crippen LogP contribution in [0.3, 0.4) is 0 Å². The summed E-state index contributed by atoms with van der Waals surface area (Å²) in [5, 5.41) is 9.58. The first kappa shape index (κ1) is 20.2. The molecule has 1 saturated heterocycles. The molecule has 8 heteroatoms. The van der Waals surface area contributed by atoms with Crippen LogP contribution in [0, 0.1) is 6.92 Å². The van der Waals surface area contributed by atoms with Gasteiger partial charge in [-0.15, -0.1) is 0 Å². The number of aliphatic hydroxyl groups is 1. The van der Waals surface area contributed by atoms with Crippen LogP contribution in [-0.4, -0.2) is 66.5 Å². The number of nitrogens with zero attached hydrogens (tertiary/aromatic N) is 4. The minimum absolute atomic E-state index is 0.140. The van der Waals surface area contributed by atoms with Gasteiger partial charge in [0.05, 0.1) is 14.2 Å². The second kappa shape index (κ2) is 9.07. The highest BCUT2D eigenvalue weighted by Crippen LogP contribution is 2.26. The molecular weight excluding hydrogens is 358 g/mol. The Hall–Kier alpha value is -2.58. The molecule has 0 spiro atoms. The Labute approximate surface area is 165 Å². The maximum Gasteiger partial charge on any atom is 0.222 e. The fourth-order valence-electron chi connectivity index (χ4n) is 3.66. The summed E-state index contributed by atoms with van der Waals surface area (Å²) in [6, 6.07) is 8.08. The van der Waals surface area contributed by atoms with Crippen molar-refractivity contribution in [2.75, 3.05) is 51.1 Å². The van der Waals surface area contributed by atoms with Crippen molar-refractivity contribution < 1.29 is 14.6 Å². The molecule has 1 aliphatic heterocycles. The molecular formula is C20H29N5O3. The predicted molar refractivity (Wildman–Crippen MR) is 109 cm³/mol. The topological polar surface area (TPSA) is 97.0 Å². The van der Waals surface area contributed by atoms with E-state index in [1.54, 1.807) is 14.2 Å². The summed E-state index contributed by atoms with van der Waals surface area (Å²) >= 11 is 0. The third-order valence-corrected chi connectivity index (χ3v) is 5.05. The van der Waals surface area contributed by atoms with Gasteiger partial charge in [-0.05, 0) is 31.0 Å². The Balaban J connectivity index is 1.76. The van der Waals surface area contributed by atoms with Gasteiger partial charge >= 0.3 is 0 Å². The second-order valence-electron chi connectivity index (χ2n) is 7.03. The summed E-state index contributed by atoms with van der Waals surface area (Å²) in [5.41, 5.74) is 7.79. The lowest BCUT2D eigenvalue weighted by atomic mass is 10.1. The molecule has 1 aromatic carbocycles. The van der Waals surface area contributed by atoms with Crippen LogP contribution in [0.4, 0.5) is 11.8 Å². The van der Waals surface area contributed by atoms with Crippen molar-refractivity contribution >= 4 is 11.8 Å². The van der Waals surface area contributed by atoms with Crippen molar-refractivity contribution in [3.05, 3.63) is 35.5 Å². The van der Waals surface area contributed by atoms with Crippen LogP contribution >= 0.6 is 0 Å². The summed E-state index contributed by atoms with van der Waals surface area (Å²) in [7, 11) is 3.31. The van der Waals surface area contributed by atoms with E-state index in [2.05, 4.69) is 19.8 Å². The van der Waals surface area contributed by atoms with Gasteiger partial charge in [-0.1, -0.05) is 0 Å². The van der Waals surface area contributed by atoms with Gasteiger partial charge in [0.2, 0.25) is 5.95 Å². The lowest BCUT2D eigenvalue weighted by Crippen LogP contribution is -2.53.